The van der Waals surface area contributed by atoms with E-state index in [2.05, 4.69) is 4.74 Å². The molecule has 0 saturated heterocycles. The van der Waals surface area contributed by atoms with E-state index in [9.17, 15) is 9.59 Å². The van der Waals surface area contributed by atoms with E-state index >= 15 is 0 Å². The quantitative estimate of drug-likeness (QED) is 0.751. The minimum absolute atomic E-state index is 0.309. The van der Waals surface area contributed by atoms with Crippen molar-refractivity contribution in [3.63, 3.8) is 0 Å². The van der Waals surface area contributed by atoms with Crippen LogP contribution >= 0.6 is 0 Å². The summed E-state index contributed by atoms with van der Waals surface area (Å²) < 4.78 is 9.66. The second-order valence-electron chi connectivity index (χ2n) is 3.53. The normalized spacial score (nSPS) is 9.56. The van der Waals surface area contributed by atoms with Crippen LogP contribution in [0.2, 0.25) is 0 Å². The van der Waals surface area contributed by atoms with Gasteiger partial charge in [0.05, 0.1) is 19.9 Å². The van der Waals surface area contributed by atoms with Crippen LogP contribution in [0, 0.1) is 0 Å². The first-order valence-electron chi connectivity index (χ1n) is 5.27. The Bertz CT molecular complexity index is 447. The number of hydrazine groups is 1. The number of benzene rings is 1. The van der Waals surface area contributed by atoms with E-state index in [1.165, 1.54) is 33.2 Å². The van der Waals surface area contributed by atoms with Gasteiger partial charge in [-0.2, -0.15) is 0 Å². The lowest BCUT2D eigenvalue weighted by Gasteiger charge is -2.29. The number of anilines is 1. The summed E-state index contributed by atoms with van der Waals surface area (Å²) in [6, 6.07) is 6.83. The highest BCUT2D eigenvalue weighted by molar-refractivity contribution is 5.93. The van der Waals surface area contributed by atoms with Gasteiger partial charge < -0.3 is 9.47 Å². The fourth-order valence-corrected chi connectivity index (χ4v) is 1.52. The topological polar surface area (TPSA) is 59.1 Å². The molecule has 0 aliphatic carbocycles. The predicted octanol–water partition coefficient (Wildman–Crippen LogP) is 1.66. The predicted molar refractivity (Wildman–Crippen MR) is 66.3 cm³/mol. The maximum Gasteiger partial charge on any atom is 0.428 e. The lowest BCUT2D eigenvalue weighted by Crippen LogP contribution is -2.46. The Hall–Kier alpha value is -2.24. The summed E-state index contributed by atoms with van der Waals surface area (Å²) in [5, 5.41) is 2.30. The summed E-state index contributed by atoms with van der Waals surface area (Å²) in [6.07, 6.45) is -0.631. The van der Waals surface area contributed by atoms with E-state index in [-0.39, 0.29) is 5.91 Å². The zero-order valence-electron chi connectivity index (χ0n) is 10.8. The molecule has 0 fully saturated rings. The van der Waals surface area contributed by atoms with Gasteiger partial charge in [-0.1, -0.05) is 6.07 Å². The second-order valence-corrected chi connectivity index (χ2v) is 3.53. The first kappa shape index (κ1) is 13.8. The zero-order chi connectivity index (χ0) is 13.7. The van der Waals surface area contributed by atoms with Crippen LogP contribution in [0.3, 0.4) is 0 Å². The van der Waals surface area contributed by atoms with Gasteiger partial charge in [0.15, 0.2) is 0 Å². The summed E-state index contributed by atoms with van der Waals surface area (Å²) in [5.74, 6) is 0.285. The molecule has 0 aliphatic heterocycles. The van der Waals surface area contributed by atoms with Crippen molar-refractivity contribution < 1.29 is 19.1 Å². The first-order valence-corrected chi connectivity index (χ1v) is 5.27. The van der Waals surface area contributed by atoms with Gasteiger partial charge in [0.1, 0.15) is 5.75 Å². The minimum atomic E-state index is -0.631. The molecule has 2 amide bonds. The Balaban J connectivity index is 3.11. The molecule has 0 spiro atoms. The lowest BCUT2D eigenvalue weighted by molar-refractivity contribution is -0.118. The van der Waals surface area contributed by atoms with Crippen molar-refractivity contribution in [3.05, 3.63) is 24.3 Å². The zero-order valence-corrected chi connectivity index (χ0v) is 10.8. The van der Waals surface area contributed by atoms with Crippen molar-refractivity contribution in [1.82, 2.24) is 5.01 Å². The molecule has 1 aromatic carbocycles. The van der Waals surface area contributed by atoms with Crippen LogP contribution in [0.25, 0.3) is 0 Å². The van der Waals surface area contributed by atoms with Gasteiger partial charge in [0, 0.05) is 20.0 Å². The maximum atomic E-state index is 11.6. The van der Waals surface area contributed by atoms with Crippen molar-refractivity contribution >= 4 is 17.7 Å². The molecule has 18 heavy (non-hydrogen) atoms. The van der Waals surface area contributed by atoms with Crippen LogP contribution < -0.4 is 9.75 Å². The molecule has 0 atom stereocenters. The van der Waals surface area contributed by atoms with Gasteiger partial charge in [-0.25, -0.2) is 14.8 Å². The van der Waals surface area contributed by atoms with E-state index in [1.54, 1.807) is 24.3 Å². The number of carbonyl (C=O) groups is 2. The molecule has 98 valence electrons. The minimum Gasteiger partial charge on any atom is -0.497 e. The average Bonchev–Trinajstić information content (AvgIpc) is 2.37. The standard InChI is InChI=1S/C12H16N2O4/c1-9(15)14(13(2)12(16)18-4)10-6-5-7-11(8-10)17-3/h5-8H,1-4H3. The SMILES string of the molecule is COC(=O)N(C)N(C(C)=O)c1cccc(OC)c1. The molecule has 0 radical (unpaired) electrons. The van der Waals surface area contributed by atoms with Crippen molar-refractivity contribution in [2.24, 2.45) is 0 Å². The fraction of sp³-hybridized carbons (Fsp3) is 0.333. The summed E-state index contributed by atoms with van der Waals surface area (Å²) in [6.45, 7) is 1.36. The van der Waals surface area contributed by atoms with Crippen molar-refractivity contribution in [1.29, 1.82) is 0 Å². The molecule has 0 heterocycles. The number of methoxy groups -OCH3 is 2. The number of rotatable bonds is 2. The van der Waals surface area contributed by atoms with Gasteiger partial charge in [0.25, 0.3) is 0 Å². The number of amides is 2. The molecule has 0 bridgehead atoms. The van der Waals surface area contributed by atoms with E-state index in [4.69, 9.17) is 4.74 Å². The molecule has 0 aromatic heterocycles. The lowest BCUT2D eigenvalue weighted by atomic mass is 10.3. The highest BCUT2D eigenvalue weighted by Gasteiger charge is 2.22. The van der Waals surface area contributed by atoms with E-state index in [0.29, 0.717) is 11.4 Å². The molecule has 0 saturated carbocycles. The summed E-state index contributed by atoms with van der Waals surface area (Å²) in [4.78, 5) is 23.1. The largest absolute Gasteiger partial charge is 0.497 e. The summed E-state index contributed by atoms with van der Waals surface area (Å²) in [5.41, 5.74) is 0.523. The Kier molecular flexibility index (Phi) is 4.53. The molecular weight excluding hydrogens is 236 g/mol. The number of hydrogen-bond acceptors (Lipinski definition) is 4. The van der Waals surface area contributed by atoms with Crippen LogP contribution in [-0.4, -0.2) is 38.3 Å². The Morgan fingerprint density at radius 1 is 1.22 bits per heavy atom. The third kappa shape index (κ3) is 2.91. The highest BCUT2D eigenvalue weighted by Crippen LogP contribution is 2.22. The van der Waals surface area contributed by atoms with Gasteiger partial charge >= 0.3 is 6.09 Å². The van der Waals surface area contributed by atoms with Crippen LogP contribution in [-0.2, 0) is 9.53 Å². The number of nitrogens with zero attached hydrogens (tertiary/aromatic N) is 2. The molecule has 0 N–H and O–H groups in total. The van der Waals surface area contributed by atoms with E-state index in [0.717, 1.165) is 5.01 Å². The van der Waals surface area contributed by atoms with Gasteiger partial charge in [-0.15, -0.1) is 0 Å². The van der Waals surface area contributed by atoms with Crippen LogP contribution in [0.4, 0.5) is 10.5 Å². The fourth-order valence-electron chi connectivity index (χ4n) is 1.52. The summed E-state index contributed by atoms with van der Waals surface area (Å²) >= 11 is 0. The van der Waals surface area contributed by atoms with Crippen molar-refractivity contribution in [2.75, 3.05) is 26.3 Å². The molecule has 1 rings (SSSR count). The van der Waals surface area contributed by atoms with Gasteiger partial charge in [0.2, 0.25) is 5.91 Å². The third-order valence-corrected chi connectivity index (χ3v) is 2.34. The van der Waals surface area contributed by atoms with Gasteiger partial charge in [-0.3, -0.25) is 4.79 Å². The van der Waals surface area contributed by atoms with Crippen LogP contribution in [0.15, 0.2) is 24.3 Å². The van der Waals surface area contributed by atoms with Gasteiger partial charge in [-0.05, 0) is 12.1 Å². The highest BCUT2D eigenvalue weighted by atomic mass is 16.5. The smallest absolute Gasteiger partial charge is 0.428 e. The second kappa shape index (κ2) is 5.90. The van der Waals surface area contributed by atoms with E-state index < -0.39 is 6.09 Å². The average molecular weight is 252 g/mol. The Morgan fingerprint density at radius 3 is 2.39 bits per heavy atom. The van der Waals surface area contributed by atoms with Crippen molar-refractivity contribution in [2.45, 2.75) is 6.92 Å². The maximum absolute atomic E-state index is 11.6. The van der Waals surface area contributed by atoms with Crippen molar-refractivity contribution in [3.8, 4) is 5.75 Å². The molecule has 0 unspecified atom stereocenters. The molecule has 6 nitrogen and oxygen atoms in total. The molecule has 6 heteroatoms. The molecule has 1 aromatic rings. The monoisotopic (exact) mass is 252 g/mol. The Morgan fingerprint density at radius 2 is 1.89 bits per heavy atom. The van der Waals surface area contributed by atoms with Crippen LogP contribution in [0.5, 0.6) is 5.75 Å². The molecule has 0 aliphatic rings. The first-order chi connectivity index (χ1) is 8.51. The summed E-state index contributed by atoms with van der Waals surface area (Å²) in [7, 11) is 4.23. The number of ether oxygens (including phenoxy) is 2. The molecular formula is C12H16N2O4. The third-order valence-electron chi connectivity index (χ3n) is 2.34. The van der Waals surface area contributed by atoms with E-state index in [1.807, 2.05) is 0 Å². The van der Waals surface area contributed by atoms with Crippen LogP contribution in [0.1, 0.15) is 6.92 Å². The number of carbonyl (C=O) groups excluding carboxylic acids is 2. The number of hydrogen-bond donors (Lipinski definition) is 0. The Labute approximate surface area is 106 Å².